The van der Waals surface area contributed by atoms with Gasteiger partial charge < -0.3 is 19.0 Å². The molecule has 1 amide bonds. The first-order chi connectivity index (χ1) is 16.9. The van der Waals surface area contributed by atoms with Crippen LogP contribution in [0.25, 0.3) is 43.6 Å². The number of hydrogen-bond donors (Lipinski definition) is 3. The first-order valence-electron chi connectivity index (χ1n) is 11.9. The van der Waals surface area contributed by atoms with Gasteiger partial charge in [-0.2, -0.15) is 0 Å². The molecule has 3 aliphatic rings. The number of Topliss-reactive ketones (excluding diaryl/α,β-unsaturated/α-hetero) is 1. The molecule has 8 heteroatoms. The van der Waals surface area contributed by atoms with Crippen molar-refractivity contribution in [1.29, 1.82) is 0 Å². The van der Waals surface area contributed by atoms with Crippen molar-refractivity contribution in [1.82, 2.24) is 14.6 Å². The van der Waals surface area contributed by atoms with Gasteiger partial charge in [0.25, 0.3) is 5.91 Å². The summed E-state index contributed by atoms with van der Waals surface area (Å²) in [6.07, 6.45) is 0.502. The molecular weight excluding hydrogens is 444 g/mol. The number of carbonyl (C=O) groups is 2. The molecule has 8 nitrogen and oxygen atoms in total. The summed E-state index contributed by atoms with van der Waals surface area (Å²) in [7, 11) is 0. The molecule has 1 fully saturated rings. The Morgan fingerprint density at radius 1 is 1.06 bits per heavy atom. The number of nitrogens with one attached hydrogen (secondary N) is 1. The summed E-state index contributed by atoms with van der Waals surface area (Å²) in [5.41, 5.74) is 4.16. The lowest BCUT2D eigenvalue weighted by Gasteiger charge is -2.38. The summed E-state index contributed by atoms with van der Waals surface area (Å²) in [4.78, 5) is 26.4. The molecule has 5 aromatic rings. The van der Waals surface area contributed by atoms with Crippen molar-refractivity contribution in [3.05, 3.63) is 59.7 Å². The fourth-order valence-electron chi connectivity index (χ4n) is 7.11. The number of carbonyl (C=O) groups excluding carboxylic acids is 2. The number of nitrogens with two attached hydrogens (primary N) is 1. The van der Waals surface area contributed by atoms with Crippen molar-refractivity contribution in [3.8, 4) is 0 Å². The third kappa shape index (κ3) is 1.92. The van der Waals surface area contributed by atoms with Crippen LogP contribution in [-0.4, -0.2) is 31.5 Å². The lowest BCUT2D eigenvalue weighted by molar-refractivity contribution is -0.187. The number of ether oxygens (including phenoxy) is 1. The SMILES string of the molecule is CC12OC(CC1(O)C(=O)NN)n1c3ccccc3c3c4c(c5c6ccccc6n2c5c31)CCC4=O. The van der Waals surface area contributed by atoms with Crippen molar-refractivity contribution in [2.45, 2.75) is 43.7 Å². The van der Waals surface area contributed by atoms with Crippen LogP contribution in [0.2, 0.25) is 0 Å². The second kappa shape index (κ2) is 5.91. The van der Waals surface area contributed by atoms with Gasteiger partial charge in [-0.1, -0.05) is 36.4 Å². The predicted molar refractivity (Wildman–Crippen MR) is 131 cm³/mol. The van der Waals surface area contributed by atoms with Gasteiger partial charge in [0.1, 0.15) is 6.23 Å². The van der Waals surface area contributed by atoms with E-state index in [-0.39, 0.29) is 12.2 Å². The second-order valence-corrected chi connectivity index (χ2v) is 10.1. The molecule has 3 unspecified atom stereocenters. The monoisotopic (exact) mass is 466 g/mol. The Morgan fingerprint density at radius 2 is 1.74 bits per heavy atom. The molecule has 1 saturated heterocycles. The third-order valence-corrected chi connectivity index (χ3v) is 8.57. The van der Waals surface area contributed by atoms with Gasteiger partial charge in [-0.3, -0.25) is 15.0 Å². The molecule has 2 bridgehead atoms. The van der Waals surface area contributed by atoms with E-state index in [1.807, 2.05) is 53.1 Å². The molecular formula is C27H22N4O4. The van der Waals surface area contributed by atoms with Crippen LogP contribution in [-0.2, 0) is 21.7 Å². The smallest absolute Gasteiger partial charge is 0.271 e. The highest BCUT2D eigenvalue weighted by Gasteiger charge is 2.64. The van der Waals surface area contributed by atoms with E-state index in [4.69, 9.17) is 10.6 Å². The molecule has 2 aliphatic heterocycles. The first kappa shape index (κ1) is 19.6. The number of aliphatic hydroxyl groups is 1. The predicted octanol–water partition coefficient (Wildman–Crippen LogP) is 3.36. The van der Waals surface area contributed by atoms with Crippen molar-refractivity contribution in [2.24, 2.45) is 5.84 Å². The van der Waals surface area contributed by atoms with E-state index in [9.17, 15) is 14.7 Å². The van der Waals surface area contributed by atoms with E-state index in [1.54, 1.807) is 6.92 Å². The number of aromatic nitrogens is 2. The highest BCUT2D eigenvalue weighted by molar-refractivity contribution is 6.31. The molecule has 35 heavy (non-hydrogen) atoms. The van der Waals surface area contributed by atoms with Crippen LogP contribution < -0.4 is 11.3 Å². The summed E-state index contributed by atoms with van der Waals surface area (Å²) in [6.45, 7) is 1.76. The molecule has 174 valence electrons. The first-order valence-corrected chi connectivity index (χ1v) is 11.9. The van der Waals surface area contributed by atoms with Crippen LogP contribution in [0.3, 0.4) is 0 Å². The van der Waals surface area contributed by atoms with E-state index >= 15 is 0 Å². The van der Waals surface area contributed by atoms with Gasteiger partial charge in [0.15, 0.2) is 17.1 Å². The van der Waals surface area contributed by atoms with Gasteiger partial charge in [0.2, 0.25) is 0 Å². The lowest BCUT2D eigenvalue weighted by atomic mass is 9.88. The zero-order valence-electron chi connectivity index (χ0n) is 19.0. The number of benzene rings is 3. The molecule has 3 aromatic carbocycles. The van der Waals surface area contributed by atoms with Crippen LogP contribution in [0.1, 0.15) is 41.9 Å². The molecule has 3 atom stereocenters. The molecule has 4 heterocycles. The van der Waals surface area contributed by atoms with E-state index in [0.717, 1.165) is 54.7 Å². The third-order valence-electron chi connectivity index (χ3n) is 8.57. The summed E-state index contributed by atoms with van der Waals surface area (Å²) >= 11 is 0. The summed E-state index contributed by atoms with van der Waals surface area (Å²) < 4.78 is 10.7. The van der Waals surface area contributed by atoms with Crippen LogP contribution >= 0.6 is 0 Å². The topological polar surface area (TPSA) is 112 Å². The quantitative estimate of drug-likeness (QED) is 0.199. The van der Waals surface area contributed by atoms with Crippen molar-refractivity contribution < 1.29 is 19.4 Å². The Morgan fingerprint density at radius 3 is 2.49 bits per heavy atom. The van der Waals surface area contributed by atoms with E-state index in [1.165, 1.54) is 0 Å². The van der Waals surface area contributed by atoms with E-state index in [2.05, 4.69) is 9.99 Å². The molecule has 1 aliphatic carbocycles. The van der Waals surface area contributed by atoms with Crippen LogP contribution in [0.5, 0.6) is 0 Å². The Hall–Kier alpha value is -3.72. The minimum atomic E-state index is -1.93. The maximum atomic E-state index is 13.3. The van der Waals surface area contributed by atoms with Crippen molar-refractivity contribution in [3.63, 3.8) is 0 Å². The molecule has 4 N–H and O–H groups in total. The van der Waals surface area contributed by atoms with Crippen molar-refractivity contribution in [2.75, 3.05) is 0 Å². The fraction of sp³-hybridized carbons (Fsp3) is 0.259. The number of rotatable bonds is 1. The second-order valence-electron chi connectivity index (χ2n) is 10.1. The molecule has 0 radical (unpaired) electrons. The van der Waals surface area contributed by atoms with Gasteiger partial charge in [-0.15, -0.1) is 0 Å². The van der Waals surface area contributed by atoms with Crippen molar-refractivity contribution >= 4 is 55.3 Å². The Labute approximate surface area is 198 Å². The number of amides is 1. The highest BCUT2D eigenvalue weighted by Crippen LogP contribution is 2.57. The van der Waals surface area contributed by atoms with Crippen LogP contribution in [0.4, 0.5) is 0 Å². The highest BCUT2D eigenvalue weighted by atomic mass is 16.6. The number of ketones is 1. The molecule has 8 rings (SSSR count). The van der Waals surface area contributed by atoms with E-state index < -0.39 is 23.5 Å². The number of fused-ring (bicyclic) bond motifs is 13. The summed E-state index contributed by atoms with van der Waals surface area (Å²) in [5.74, 6) is 5.03. The number of nitrogens with zero attached hydrogens (tertiary/aromatic N) is 2. The number of hydrazine groups is 1. The van der Waals surface area contributed by atoms with Gasteiger partial charge in [-0.05, 0) is 31.0 Å². The lowest BCUT2D eigenvalue weighted by Crippen LogP contribution is -2.60. The molecule has 0 saturated carbocycles. The van der Waals surface area contributed by atoms with Crippen LogP contribution in [0, 0.1) is 0 Å². The summed E-state index contributed by atoms with van der Waals surface area (Å²) in [6, 6.07) is 15.9. The maximum Gasteiger partial charge on any atom is 0.271 e. The fourth-order valence-corrected chi connectivity index (χ4v) is 7.11. The normalized spacial score (nSPS) is 26.9. The molecule has 0 spiro atoms. The number of hydrogen-bond acceptors (Lipinski definition) is 5. The number of para-hydroxylation sites is 2. The zero-order chi connectivity index (χ0) is 23.9. The Bertz CT molecular complexity index is 1830. The zero-order valence-corrected chi connectivity index (χ0v) is 19.0. The average Bonchev–Trinajstić information content (AvgIpc) is 3.55. The minimum absolute atomic E-state index is 0.0127. The van der Waals surface area contributed by atoms with E-state index in [0.29, 0.717) is 12.8 Å². The maximum absolute atomic E-state index is 13.3. The van der Waals surface area contributed by atoms with Crippen LogP contribution in [0.15, 0.2) is 48.5 Å². The standard InChI is InChI=1S/C27H22N4O4/c1-26-27(34,25(33)29-28)12-19(35-26)30-16-8-4-2-6-13(16)22-21-15(10-11-18(21)32)20-14-7-3-5-9-17(14)31(26)24(20)23(22)30/h2-9,19,34H,10-12,28H2,1H3,(H,29,33). The molecule has 2 aromatic heterocycles. The van der Waals surface area contributed by atoms with Gasteiger partial charge >= 0.3 is 0 Å². The van der Waals surface area contributed by atoms with Gasteiger partial charge in [0, 0.05) is 39.9 Å². The largest absolute Gasteiger partial charge is 0.376 e. The van der Waals surface area contributed by atoms with Gasteiger partial charge in [0.05, 0.1) is 22.1 Å². The van der Waals surface area contributed by atoms with Gasteiger partial charge in [-0.25, -0.2) is 5.84 Å². The Kier molecular flexibility index (Phi) is 3.30. The average molecular weight is 466 g/mol. The minimum Gasteiger partial charge on any atom is -0.376 e. The summed E-state index contributed by atoms with van der Waals surface area (Å²) in [5, 5.41) is 15.8. The Balaban J connectivity index is 1.73. The number of aryl methyl sites for hydroxylation is 1.